The summed E-state index contributed by atoms with van der Waals surface area (Å²) in [6.45, 7) is 26.9. The Hall–Kier alpha value is -7.22. The average Bonchev–Trinajstić information content (AvgIpc) is 3.32. The molecule has 0 unspecified atom stereocenters. The van der Waals surface area contributed by atoms with Crippen molar-refractivity contribution in [1.82, 2.24) is 0 Å². The summed E-state index contributed by atoms with van der Waals surface area (Å²) in [7, 11) is 0. The van der Waals surface area contributed by atoms with Gasteiger partial charge in [-0.25, -0.2) is 0 Å². The molecule has 0 heterocycles. The van der Waals surface area contributed by atoms with E-state index in [9.17, 15) is 5.11 Å². The van der Waals surface area contributed by atoms with Gasteiger partial charge < -0.3 is 5.11 Å². The zero-order chi connectivity index (χ0) is 51.0. The second-order valence-electron chi connectivity index (χ2n) is 23.2. The summed E-state index contributed by atoms with van der Waals surface area (Å²) in [5, 5.41) is 11.0. The van der Waals surface area contributed by atoms with Gasteiger partial charge in [-0.3, -0.25) is 0 Å². The van der Waals surface area contributed by atoms with Crippen LogP contribution in [0.15, 0.2) is 152 Å². The van der Waals surface area contributed by atoms with Gasteiger partial charge in [-0.1, -0.05) is 253 Å². The molecule has 0 aliphatic rings. The summed E-state index contributed by atoms with van der Waals surface area (Å²) < 4.78 is 0. The molecule has 1 heteroatoms. The molecule has 0 aromatic heterocycles. The molecule has 0 spiro atoms. The fraction of sp³-hybridized carbons (Fsp3) is 0.229. The van der Waals surface area contributed by atoms with E-state index in [2.05, 4.69) is 296 Å². The highest BCUT2D eigenvalue weighted by Crippen LogP contribution is 2.29. The molecule has 0 fully saturated rings. The van der Waals surface area contributed by atoms with Gasteiger partial charge in [0.1, 0.15) is 5.75 Å². The zero-order valence-electron chi connectivity index (χ0n) is 44.3. The second kappa shape index (κ2) is 21.8. The molecule has 0 saturated heterocycles. The third-order valence-electron chi connectivity index (χ3n) is 12.9. The van der Waals surface area contributed by atoms with Crippen LogP contribution in [0.1, 0.15) is 172 Å². The molecule has 7 aromatic rings. The zero-order valence-corrected chi connectivity index (χ0v) is 44.3. The summed E-state index contributed by atoms with van der Waals surface area (Å²) in [6, 6.07) is 54.4. The maximum absolute atomic E-state index is 11.0. The van der Waals surface area contributed by atoms with Crippen LogP contribution in [0.2, 0.25) is 0 Å². The Kier molecular flexibility index (Phi) is 15.9. The molecule has 0 aliphatic heterocycles. The summed E-state index contributed by atoms with van der Waals surface area (Å²) >= 11 is 0. The minimum absolute atomic E-state index is 0.107. The van der Waals surface area contributed by atoms with Crippen LogP contribution in [-0.2, 0) is 21.7 Å². The van der Waals surface area contributed by atoms with E-state index in [0.717, 1.165) is 66.8 Å². The summed E-state index contributed by atoms with van der Waals surface area (Å²) in [5.41, 5.74) is 18.8. The SMILES string of the molecule is CC(C)(C)c1ccc(/C=C/c2cc(/C=C/c3ccc(C(C)(C)C)cc3)cc(/C=C/c3cc(O)cc(/C=C/c4cc(/C=C/c5ccc(C(C)(C)C)cc5)cc(/C=C/c5ccc(C(C)(C)C)cc5)c4)c3)c2)cc1. The van der Waals surface area contributed by atoms with Crippen molar-refractivity contribution < 1.29 is 5.11 Å². The van der Waals surface area contributed by atoms with E-state index in [0.29, 0.717) is 0 Å². The van der Waals surface area contributed by atoms with E-state index in [-0.39, 0.29) is 27.4 Å². The van der Waals surface area contributed by atoms with Gasteiger partial charge in [0, 0.05) is 0 Å². The predicted octanol–water partition coefficient (Wildman–Crippen LogP) is 19.6. The molecule has 7 rings (SSSR count). The van der Waals surface area contributed by atoms with Gasteiger partial charge in [-0.2, -0.15) is 0 Å². The fourth-order valence-electron chi connectivity index (χ4n) is 8.37. The van der Waals surface area contributed by atoms with Crippen molar-refractivity contribution in [2.75, 3.05) is 0 Å². The van der Waals surface area contributed by atoms with Crippen LogP contribution in [0.25, 0.3) is 72.9 Å². The van der Waals surface area contributed by atoms with Crippen molar-refractivity contribution >= 4 is 72.9 Å². The van der Waals surface area contributed by atoms with E-state index in [1.54, 1.807) is 0 Å². The minimum Gasteiger partial charge on any atom is -0.508 e. The van der Waals surface area contributed by atoms with Crippen LogP contribution < -0.4 is 0 Å². The van der Waals surface area contributed by atoms with E-state index in [1.165, 1.54) is 22.3 Å². The number of aromatic hydroxyl groups is 1. The highest BCUT2D eigenvalue weighted by atomic mass is 16.3. The maximum Gasteiger partial charge on any atom is 0.116 e. The van der Waals surface area contributed by atoms with Crippen LogP contribution in [-0.4, -0.2) is 5.11 Å². The van der Waals surface area contributed by atoms with Crippen LogP contribution in [0.3, 0.4) is 0 Å². The van der Waals surface area contributed by atoms with Gasteiger partial charge in [0.15, 0.2) is 0 Å². The Bertz CT molecular complexity index is 2710. The van der Waals surface area contributed by atoms with Crippen LogP contribution in [0, 0.1) is 0 Å². The van der Waals surface area contributed by atoms with E-state index in [1.807, 2.05) is 12.1 Å². The molecule has 7 aromatic carbocycles. The second-order valence-corrected chi connectivity index (χ2v) is 23.2. The van der Waals surface area contributed by atoms with Crippen molar-refractivity contribution in [2.24, 2.45) is 0 Å². The number of phenols is 1. The first-order chi connectivity index (χ1) is 33.5. The first kappa shape index (κ1) is 51.6. The molecule has 71 heavy (non-hydrogen) atoms. The van der Waals surface area contributed by atoms with Crippen molar-refractivity contribution in [3.05, 3.63) is 241 Å². The number of hydrogen-bond acceptors (Lipinski definition) is 1. The van der Waals surface area contributed by atoms with E-state index in [4.69, 9.17) is 0 Å². The molecule has 0 bridgehead atoms. The molecule has 1 nitrogen and oxygen atoms in total. The number of benzene rings is 7. The summed E-state index contributed by atoms with van der Waals surface area (Å²) in [4.78, 5) is 0. The average molecular weight is 931 g/mol. The van der Waals surface area contributed by atoms with Gasteiger partial charge >= 0.3 is 0 Å². The van der Waals surface area contributed by atoms with Gasteiger partial charge in [0.2, 0.25) is 0 Å². The number of rotatable bonds is 12. The molecule has 1 N–H and O–H groups in total. The maximum atomic E-state index is 11.0. The lowest BCUT2D eigenvalue weighted by Crippen LogP contribution is -2.10. The lowest BCUT2D eigenvalue weighted by molar-refractivity contribution is 0.475. The van der Waals surface area contributed by atoms with Crippen LogP contribution >= 0.6 is 0 Å². The molecule has 0 atom stereocenters. The van der Waals surface area contributed by atoms with Gasteiger partial charge in [0.25, 0.3) is 0 Å². The standard InChI is InChI=1S/C70H74O/c1-67(2,3)62-33-25-50(26-34-62)13-17-54-41-55(18-14-51-27-35-63(36-28-51)68(4,5)6)44-58(43-54)21-23-60-47-61(49-66(71)48-60)24-22-59-45-56(19-15-52-29-37-64(38-30-52)69(7,8)9)42-57(46-59)20-16-53-31-39-65(40-32-53)70(10,11)12/h13-49,71H,1-12H3/b17-13+,18-14+,19-15+,20-16+,23-21+,24-22+. The number of hydrogen-bond donors (Lipinski definition) is 1. The van der Waals surface area contributed by atoms with Crippen molar-refractivity contribution in [3.63, 3.8) is 0 Å². The fourth-order valence-corrected chi connectivity index (χ4v) is 8.37. The largest absolute Gasteiger partial charge is 0.508 e. The Morgan fingerprint density at radius 1 is 0.211 bits per heavy atom. The van der Waals surface area contributed by atoms with E-state index < -0.39 is 0 Å². The molecule has 0 aliphatic carbocycles. The minimum atomic E-state index is 0.107. The Balaban J connectivity index is 1.17. The van der Waals surface area contributed by atoms with Crippen LogP contribution in [0.5, 0.6) is 5.75 Å². The first-order valence-corrected chi connectivity index (χ1v) is 25.2. The predicted molar refractivity (Wildman–Crippen MR) is 315 cm³/mol. The molecular weight excluding hydrogens is 857 g/mol. The van der Waals surface area contributed by atoms with Crippen molar-refractivity contribution in [3.8, 4) is 5.75 Å². The lowest BCUT2D eigenvalue weighted by Gasteiger charge is -2.18. The quantitative estimate of drug-likeness (QED) is 0.121. The smallest absolute Gasteiger partial charge is 0.116 e. The third kappa shape index (κ3) is 15.4. The monoisotopic (exact) mass is 931 g/mol. The van der Waals surface area contributed by atoms with Gasteiger partial charge in [0.05, 0.1) is 0 Å². The molecular formula is C70H74O. The summed E-state index contributed by atoms with van der Waals surface area (Å²) in [6.07, 6.45) is 25.9. The first-order valence-electron chi connectivity index (χ1n) is 25.2. The topological polar surface area (TPSA) is 20.2 Å². The molecule has 0 amide bonds. The van der Waals surface area contributed by atoms with E-state index >= 15 is 0 Å². The normalized spacial score (nSPS) is 13.1. The Morgan fingerprint density at radius 3 is 0.507 bits per heavy atom. The Morgan fingerprint density at radius 2 is 0.352 bits per heavy atom. The molecule has 360 valence electrons. The van der Waals surface area contributed by atoms with Gasteiger partial charge in [-0.05, 0) is 165 Å². The summed E-state index contributed by atoms with van der Waals surface area (Å²) in [5.74, 6) is 0.220. The lowest BCUT2D eigenvalue weighted by atomic mass is 9.86. The highest BCUT2D eigenvalue weighted by Gasteiger charge is 2.15. The highest BCUT2D eigenvalue weighted by molar-refractivity contribution is 5.82. The van der Waals surface area contributed by atoms with Crippen LogP contribution in [0.4, 0.5) is 0 Å². The van der Waals surface area contributed by atoms with Gasteiger partial charge in [-0.15, -0.1) is 0 Å². The Labute approximate surface area is 427 Å². The number of phenolic OH excluding ortho intramolecular Hbond substituents is 1. The molecule has 0 saturated carbocycles. The molecule has 0 radical (unpaired) electrons. The van der Waals surface area contributed by atoms with Crippen molar-refractivity contribution in [1.29, 1.82) is 0 Å². The van der Waals surface area contributed by atoms with Crippen molar-refractivity contribution in [2.45, 2.75) is 105 Å². The third-order valence-corrected chi connectivity index (χ3v) is 12.9.